The van der Waals surface area contributed by atoms with Crippen LogP contribution >= 0.6 is 0 Å². The van der Waals surface area contributed by atoms with Gasteiger partial charge < -0.3 is 9.72 Å². The molecule has 0 fully saturated rings. The number of imidazole rings is 1. The number of aromatic nitrogens is 5. The quantitative estimate of drug-likeness (QED) is 0.409. The predicted octanol–water partition coefficient (Wildman–Crippen LogP) is 3.67. The summed E-state index contributed by atoms with van der Waals surface area (Å²) >= 11 is 0. The van der Waals surface area contributed by atoms with Gasteiger partial charge in [-0.2, -0.15) is 22.4 Å². The number of pyridine rings is 1. The highest BCUT2D eigenvalue weighted by Crippen LogP contribution is 2.38. The lowest BCUT2D eigenvalue weighted by Gasteiger charge is -2.13. The fourth-order valence-corrected chi connectivity index (χ4v) is 3.76. The highest BCUT2D eigenvalue weighted by atomic mass is 32.2. The number of ether oxygens (including phenoxy) is 1. The van der Waals surface area contributed by atoms with Crippen molar-refractivity contribution in [2.24, 2.45) is 0 Å². The summed E-state index contributed by atoms with van der Waals surface area (Å²) in [5, 5.41) is 3.77. The molecule has 0 aliphatic carbocycles. The fourth-order valence-electron chi connectivity index (χ4n) is 3.03. The smallest absolute Gasteiger partial charge is 0.417 e. The number of hydrogen-bond donors (Lipinski definition) is 1. The molecular weight excluding hydrogens is 475 g/mol. The van der Waals surface area contributed by atoms with Crippen molar-refractivity contribution >= 4 is 16.0 Å². The van der Waals surface area contributed by atoms with Crippen LogP contribution in [0.3, 0.4) is 0 Å². The van der Waals surface area contributed by atoms with E-state index in [1.807, 2.05) is 6.07 Å². The molecule has 0 saturated heterocycles. The molecule has 0 spiro atoms. The van der Waals surface area contributed by atoms with Crippen molar-refractivity contribution in [3.63, 3.8) is 0 Å². The van der Waals surface area contributed by atoms with Gasteiger partial charge >= 0.3 is 12.1 Å². The van der Waals surface area contributed by atoms with E-state index in [1.54, 1.807) is 24.3 Å². The topological polar surface area (TPSA) is 120 Å². The second-order valence-electron chi connectivity index (χ2n) is 6.94. The highest BCUT2D eigenvalue weighted by Gasteiger charge is 2.42. The molecule has 0 saturated carbocycles. The summed E-state index contributed by atoms with van der Waals surface area (Å²) in [4.78, 5) is 22.9. The number of H-pyrrole nitrogens is 1. The summed E-state index contributed by atoms with van der Waals surface area (Å²) in [7, 11) is -3.75. The maximum absolute atomic E-state index is 13.0. The number of carbonyl (C=O) groups is 1. The Balaban J connectivity index is 1.85. The summed E-state index contributed by atoms with van der Waals surface area (Å²) in [6.45, 7) is 1.42. The Morgan fingerprint density at radius 3 is 2.50 bits per heavy atom. The van der Waals surface area contributed by atoms with Crippen molar-refractivity contribution in [1.29, 1.82) is 0 Å². The minimum absolute atomic E-state index is 0.0298. The Kier molecular flexibility index (Phi) is 5.96. The number of halogens is 3. The molecule has 1 aromatic carbocycles. The first-order chi connectivity index (χ1) is 16.1. The zero-order chi connectivity index (χ0) is 24.5. The summed E-state index contributed by atoms with van der Waals surface area (Å²) in [5.41, 5.74) is 1.21. The van der Waals surface area contributed by atoms with E-state index in [4.69, 9.17) is 4.74 Å². The van der Waals surface area contributed by atoms with Gasteiger partial charge in [0.25, 0.3) is 10.0 Å². The molecule has 176 valence electrons. The molecule has 1 N–H and O–H groups in total. The van der Waals surface area contributed by atoms with E-state index in [0.29, 0.717) is 9.78 Å². The average molecular weight is 491 g/mol. The number of aromatic amines is 1. The molecule has 4 aromatic rings. The molecule has 9 nitrogen and oxygen atoms in total. The largest absolute Gasteiger partial charge is 0.491 e. The summed E-state index contributed by atoms with van der Waals surface area (Å²) in [6, 6.07) is 10.3. The zero-order valence-electron chi connectivity index (χ0n) is 17.4. The Hall–Kier alpha value is -4.00. The minimum atomic E-state index is -5.28. The van der Waals surface area contributed by atoms with Crippen LogP contribution in [0.5, 0.6) is 5.75 Å². The Bertz CT molecular complexity index is 1450. The van der Waals surface area contributed by atoms with Crippen molar-refractivity contribution in [2.75, 3.05) is 5.75 Å². The maximum Gasteiger partial charge on any atom is 0.491 e. The number of esters is 1. The van der Waals surface area contributed by atoms with Crippen molar-refractivity contribution in [3.8, 4) is 39.7 Å². The van der Waals surface area contributed by atoms with Crippen molar-refractivity contribution in [3.05, 3.63) is 61.2 Å². The van der Waals surface area contributed by atoms with E-state index >= 15 is 0 Å². The van der Waals surface area contributed by atoms with Crippen LogP contribution in [0.15, 0.2) is 61.2 Å². The van der Waals surface area contributed by atoms with E-state index in [9.17, 15) is 26.4 Å². The number of carbonyl (C=O) groups excluding carboxylic acids is 1. The van der Waals surface area contributed by atoms with Gasteiger partial charge in [-0.05, 0) is 18.6 Å². The average Bonchev–Trinajstić information content (AvgIpc) is 3.50. The van der Waals surface area contributed by atoms with Crippen LogP contribution in [0.1, 0.15) is 6.92 Å². The minimum Gasteiger partial charge on any atom is -0.417 e. The molecular formula is C21H16F3N5O4S. The van der Waals surface area contributed by atoms with Gasteiger partial charge in [-0.1, -0.05) is 30.3 Å². The Labute approximate surface area is 191 Å². The monoisotopic (exact) mass is 491 g/mol. The van der Waals surface area contributed by atoms with Crippen LogP contribution in [0.2, 0.25) is 0 Å². The lowest BCUT2D eigenvalue weighted by Crippen LogP contribution is -2.28. The van der Waals surface area contributed by atoms with Gasteiger partial charge in [0.05, 0.1) is 30.0 Å². The van der Waals surface area contributed by atoms with Crippen molar-refractivity contribution < 1.29 is 31.1 Å². The molecule has 0 bridgehead atoms. The van der Waals surface area contributed by atoms with E-state index in [0.717, 1.165) is 18.0 Å². The number of nitrogens with one attached hydrogen (secondary N) is 1. The molecule has 0 aliphatic heterocycles. The summed E-state index contributed by atoms with van der Waals surface area (Å²) in [5.74, 6) is -3.22. The lowest BCUT2D eigenvalue weighted by atomic mass is 10.1. The van der Waals surface area contributed by atoms with E-state index in [2.05, 4.69) is 20.1 Å². The molecule has 4 rings (SSSR count). The number of rotatable bonds is 6. The van der Waals surface area contributed by atoms with E-state index < -0.39 is 27.9 Å². The molecule has 3 heterocycles. The zero-order valence-corrected chi connectivity index (χ0v) is 18.3. The normalized spacial score (nSPS) is 12.0. The predicted molar refractivity (Wildman–Crippen MR) is 115 cm³/mol. The molecule has 0 radical (unpaired) electrons. The molecule has 34 heavy (non-hydrogen) atoms. The highest BCUT2D eigenvalue weighted by molar-refractivity contribution is 7.89. The second kappa shape index (κ2) is 8.74. The molecule has 0 amide bonds. The third kappa shape index (κ3) is 4.55. The van der Waals surface area contributed by atoms with Crippen molar-refractivity contribution in [2.45, 2.75) is 13.1 Å². The van der Waals surface area contributed by atoms with Crippen LogP contribution in [0.4, 0.5) is 13.2 Å². The standard InChI is InChI=1S/C21H16F3N5O4S/c1-2-34(31,32)29-12-14(10-27-29)15-8-9-25-17(18(15)33-20(30)21(22,23)24)19-26-11-16(28-19)13-6-4-3-5-7-13/h3-12H,2H2,1H3,(H,26,28). The lowest BCUT2D eigenvalue weighted by molar-refractivity contribution is -0.189. The fraction of sp³-hybridized carbons (Fsp3) is 0.143. The summed E-state index contributed by atoms with van der Waals surface area (Å²) in [6.07, 6.45) is -0.306. The third-order valence-corrected chi connectivity index (χ3v) is 6.24. The number of alkyl halides is 3. The van der Waals surface area contributed by atoms with Crippen molar-refractivity contribution in [1.82, 2.24) is 24.1 Å². The van der Waals surface area contributed by atoms with E-state index in [-0.39, 0.29) is 28.4 Å². The first-order valence-corrected chi connectivity index (χ1v) is 11.4. The van der Waals surface area contributed by atoms with Crippen LogP contribution < -0.4 is 4.74 Å². The van der Waals surface area contributed by atoms with Crippen LogP contribution in [-0.2, 0) is 14.8 Å². The van der Waals surface area contributed by atoms with Gasteiger partial charge in [0, 0.05) is 17.3 Å². The van der Waals surface area contributed by atoms with Gasteiger partial charge in [0.1, 0.15) is 5.69 Å². The Morgan fingerprint density at radius 2 is 1.82 bits per heavy atom. The van der Waals surface area contributed by atoms with Crippen LogP contribution in [-0.4, -0.2) is 50.5 Å². The van der Waals surface area contributed by atoms with Gasteiger partial charge in [-0.25, -0.2) is 23.2 Å². The SMILES string of the molecule is CCS(=O)(=O)n1cc(-c2ccnc(-c3ncc(-c4ccccc4)[nH]3)c2OC(=O)C(F)(F)F)cn1. The number of benzene rings is 1. The molecule has 3 aromatic heterocycles. The van der Waals surface area contributed by atoms with Crippen LogP contribution in [0, 0.1) is 0 Å². The van der Waals surface area contributed by atoms with Gasteiger partial charge in [-0.15, -0.1) is 0 Å². The second-order valence-corrected chi connectivity index (χ2v) is 9.05. The summed E-state index contributed by atoms with van der Waals surface area (Å²) < 4.78 is 68.7. The molecule has 0 atom stereocenters. The number of nitrogens with zero attached hydrogens (tertiary/aromatic N) is 4. The third-order valence-electron chi connectivity index (χ3n) is 4.74. The molecule has 0 aliphatic rings. The van der Waals surface area contributed by atoms with E-state index in [1.165, 1.54) is 25.4 Å². The maximum atomic E-state index is 13.0. The van der Waals surface area contributed by atoms with Gasteiger partial charge in [0.2, 0.25) is 0 Å². The Morgan fingerprint density at radius 1 is 1.09 bits per heavy atom. The van der Waals surface area contributed by atoms with Gasteiger partial charge in [-0.3, -0.25) is 0 Å². The first kappa shape index (κ1) is 23.2. The molecule has 0 unspecified atom stereocenters. The van der Waals surface area contributed by atoms with Gasteiger partial charge in [0.15, 0.2) is 11.6 Å². The van der Waals surface area contributed by atoms with Crippen LogP contribution in [0.25, 0.3) is 33.9 Å². The first-order valence-electron chi connectivity index (χ1n) is 9.77. The molecule has 13 heteroatoms. The number of hydrogen-bond acceptors (Lipinski definition) is 7.